The van der Waals surface area contributed by atoms with E-state index < -0.39 is 5.91 Å². The molecule has 2 amide bonds. The third kappa shape index (κ3) is 3.17. The first-order chi connectivity index (χ1) is 11.7. The number of carbonyl (C=O) groups excluding carboxylic acids is 2. The molecule has 3 rings (SSSR count). The fourth-order valence-electron chi connectivity index (χ4n) is 2.55. The standard InChI is InChI=1S/C20H16N2O2/c21-19(23)17-12-6-7-13-18(17)22-20(24)16-11-5-4-10-15(16)14-8-2-1-3-9-14/h1-13H,(H2,21,23)(H,22,24). The van der Waals surface area contributed by atoms with Crippen molar-refractivity contribution in [1.29, 1.82) is 0 Å². The number of benzene rings is 3. The Kier molecular flexibility index (Phi) is 4.38. The number of rotatable bonds is 4. The van der Waals surface area contributed by atoms with Crippen molar-refractivity contribution in [2.24, 2.45) is 5.73 Å². The number of nitrogens with two attached hydrogens (primary N) is 1. The maximum absolute atomic E-state index is 12.7. The highest BCUT2D eigenvalue weighted by molar-refractivity contribution is 6.11. The van der Waals surface area contributed by atoms with Crippen LogP contribution in [0.15, 0.2) is 78.9 Å². The molecule has 0 saturated carbocycles. The van der Waals surface area contributed by atoms with E-state index >= 15 is 0 Å². The summed E-state index contributed by atoms with van der Waals surface area (Å²) in [5.74, 6) is -0.870. The molecule has 3 aromatic carbocycles. The van der Waals surface area contributed by atoms with Gasteiger partial charge < -0.3 is 11.1 Å². The Balaban J connectivity index is 1.97. The van der Waals surface area contributed by atoms with Crippen LogP contribution in [0.5, 0.6) is 0 Å². The molecule has 0 radical (unpaired) electrons. The SMILES string of the molecule is NC(=O)c1ccccc1NC(=O)c1ccccc1-c1ccccc1. The van der Waals surface area contributed by atoms with Crippen molar-refractivity contribution in [3.05, 3.63) is 90.0 Å². The fraction of sp³-hybridized carbons (Fsp3) is 0. The highest BCUT2D eigenvalue weighted by Gasteiger charge is 2.15. The van der Waals surface area contributed by atoms with E-state index in [-0.39, 0.29) is 11.5 Å². The first-order valence-corrected chi connectivity index (χ1v) is 7.51. The predicted octanol–water partition coefficient (Wildman–Crippen LogP) is 3.70. The van der Waals surface area contributed by atoms with E-state index in [1.165, 1.54) is 0 Å². The number of amides is 2. The topological polar surface area (TPSA) is 72.2 Å². The number of primary amides is 1. The summed E-state index contributed by atoms with van der Waals surface area (Å²) in [7, 11) is 0. The Morgan fingerprint density at radius 1 is 0.708 bits per heavy atom. The lowest BCUT2D eigenvalue weighted by atomic mass is 9.99. The largest absolute Gasteiger partial charge is 0.366 e. The third-order valence-corrected chi connectivity index (χ3v) is 3.70. The van der Waals surface area contributed by atoms with Gasteiger partial charge in [0.1, 0.15) is 0 Å². The first-order valence-electron chi connectivity index (χ1n) is 7.51. The van der Waals surface area contributed by atoms with Gasteiger partial charge in [-0.15, -0.1) is 0 Å². The molecule has 0 aliphatic heterocycles. The molecule has 4 nitrogen and oxygen atoms in total. The van der Waals surface area contributed by atoms with Crippen molar-refractivity contribution in [1.82, 2.24) is 0 Å². The molecule has 3 aromatic rings. The summed E-state index contributed by atoms with van der Waals surface area (Å²) < 4.78 is 0. The van der Waals surface area contributed by atoms with Crippen molar-refractivity contribution >= 4 is 17.5 Å². The van der Waals surface area contributed by atoms with Crippen LogP contribution in [-0.4, -0.2) is 11.8 Å². The monoisotopic (exact) mass is 316 g/mol. The number of hydrogen-bond donors (Lipinski definition) is 2. The van der Waals surface area contributed by atoms with Gasteiger partial charge in [-0.2, -0.15) is 0 Å². The normalized spacial score (nSPS) is 10.2. The molecule has 0 heterocycles. The smallest absolute Gasteiger partial charge is 0.256 e. The van der Waals surface area contributed by atoms with E-state index in [1.807, 2.05) is 42.5 Å². The summed E-state index contributed by atoms with van der Waals surface area (Å²) in [4.78, 5) is 24.2. The van der Waals surface area contributed by atoms with E-state index in [0.29, 0.717) is 11.3 Å². The molecule has 4 heteroatoms. The highest BCUT2D eigenvalue weighted by atomic mass is 16.2. The molecule has 3 N–H and O–H groups in total. The van der Waals surface area contributed by atoms with Gasteiger partial charge in [0.25, 0.3) is 11.8 Å². The summed E-state index contributed by atoms with van der Waals surface area (Å²) in [6, 6.07) is 23.7. The Hall–Kier alpha value is -3.40. The zero-order chi connectivity index (χ0) is 16.9. The molecule has 0 unspecified atom stereocenters. The molecule has 0 spiro atoms. The number of carbonyl (C=O) groups is 2. The van der Waals surface area contributed by atoms with Crippen LogP contribution in [0, 0.1) is 0 Å². The van der Waals surface area contributed by atoms with Crippen LogP contribution >= 0.6 is 0 Å². The number of anilines is 1. The van der Waals surface area contributed by atoms with Crippen molar-refractivity contribution in [2.45, 2.75) is 0 Å². The van der Waals surface area contributed by atoms with Gasteiger partial charge >= 0.3 is 0 Å². The van der Waals surface area contributed by atoms with Gasteiger partial charge in [-0.25, -0.2) is 0 Å². The molecule has 0 aliphatic rings. The molecule has 24 heavy (non-hydrogen) atoms. The molecule has 0 atom stereocenters. The lowest BCUT2D eigenvalue weighted by Crippen LogP contribution is -2.18. The number of para-hydroxylation sites is 1. The van der Waals surface area contributed by atoms with Crippen LogP contribution in [0.25, 0.3) is 11.1 Å². The van der Waals surface area contributed by atoms with Crippen molar-refractivity contribution < 1.29 is 9.59 Å². The molecular weight excluding hydrogens is 300 g/mol. The van der Waals surface area contributed by atoms with Gasteiger partial charge in [0, 0.05) is 5.56 Å². The van der Waals surface area contributed by atoms with E-state index in [2.05, 4.69) is 5.32 Å². The summed E-state index contributed by atoms with van der Waals surface area (Å²) in [6.45, 7) is 0. The Morgan fingerprint density at radius 2 is 1.29 bits per heavy atom. The number of hydrogen-bond acceptors (Lipinski definition) is 2. The van der Waals surface area contributed by atoms with Crippen LogP contribution < -0.4 is 11.1 Å². The van der Waals surface area contributed by atoms with Crippen LogP contribution in [0.2, 0.25) is 0 Å². The van der Waals surface area contributed by atoms with Crippen LogP contribution in [-0.2, 0) is 0 Å². The van der Waals surface area contributed by atoms with Gasteiger partial charge in [-0.3, -0.25) is 9.59 Å². The fourth-order valence-corrected chi connectivity index (χ4v) is 2.55. The van der Waals surface area contributed by atoms with Gasteiger partial charge in [0.2, 0.25) is 0 Å². The average molecular weight is 316 g/mol. The lowest BCUT2D eigenvalue weighted by Gasteiger charge is -2.12. The second-order valence-corrected chi connectivity index (χ2v) is 5.28. The minimum atomic E-state index is -0.581. The second-order valence-electron chi connectivity index (χ2n) is 5.28. The third-order valence-electron chi connectivity index (χ3n) is 3.70. The van der Waals surface area contributed by atoms with Crippen LogP contribution in [0.1, 0.15) is 20.7 Å². The molecule has 0 saturated heterocycles. The molecule has 0 bridgehead atoms. The minimum absolute atomic E-state index is 0.281. The highest BCUT2D eigenvalue weighted by Crippen LogP contribution is 2.25. The van der Waals surface area contributed by atoms with Gasteiger partial charge in [-0.1, -0.05) is 60.7 Å². The first kappa shape index (κ1) is 15.5. The zero-order valence-electron chi connectivity index (χ0n) is 12.9. The zero-order valence-corrected chi connectivity index (χ0v) is 12.9. The number of nitrogens with one attached hydrogen (secondary N) is 1. The minimum Gasteiger partial charge on any atom is -0.366 e. The summed E-state index contributed by atoms with van der Waals surface area (Å²) >= 11 is 0. The van der Waals surface area contributed by atoms with E-state index in [0.717, 1.165) is 11.1 Å². The van der Waals surface area contributed by atoms with Crippen LogP contribution in [0.4, 0.5) is 5.69 Å². The summed E-state index contributed by atoms with van der Waals surface area (Å²) in [5, 5.41) is 2.78. The van der Waals surface area contributed by atoms with E-state index in [4.69, 9.17) is 5.73 Å². The maximum Gasteiger partial charge on any atom is 0.256 e. The predicted molar refractivity (Wildman–Crippen MR) is 94.8 cm³/mol. The molecular formula is C20H16N2O2. The van der Waals surface area contributed by atoms with Crippen molar-refractivity contribution in [2.75, 3.05) is 5.32 Å². The van der Waals surface area contributed by atoms with E-state index in [9.17, 15) is 9.59 Å². The molecule has 118 valence electrons. The van der Waals surface area contributed by atoms with Gasteiger partial charge in [-0.05, 0) is 29.3 Å². The Bertz CT molecular complexity index is 889. The maximum atomic E-state index is 12.7. The Morgan fingerprint density at radius 3 is 2.00 bits per heavy atom. The van der Waals surface area contributed by atoms with Crippen molar-refractivity contribution in [3.63, 3.8) is 0 Å². The molecule has 0 fully saturated rings. The summed E-state index contributed by atoms with van der Waals surface area (Å²) in [5.41, 5.74) is 8.35. The molecule has 0 aliphatic carbocycles. The van der Waals surface area contributed by atoms with E-state index in [1.54, 1.807) is 36.4 Å². The van der Waals surface area contributed by atoms with Gasteiger partial charge in [0.15, 0.2) is 0 Å². The van der Waals surface area contributed by atoms with Gasteiger partial charge in [0.05, 0.1) is 11.3 Å². The van der Waals surface area contributed by atoms with Crippen LogP contribution in [0.3, 0.4) is 0 Å². The average Bonchev–Trinajstić information content (AvgIpc) is 2.62. The lowest BCUT2D eigenvalue weighted by molar-refractivity contribution is 0.100. The second kappa shape index (κ2) is 6.79. The summed E-state index contributed by atoms with van der Waals surface area (Å²) in [6.07, 6.45) is 0. The van der Waals surface area contributed by atoms with Crippen molar-refractivity contribution in [3.8, 4) is 11.1 Å². The quantitative estimate of drug-likeness (QED) is 0.770. The molecule has 0 aromatic heterocycles. The Labute approximate surface area is 139 Å².